The molecule has 1 heterocycles. The number of aliphatic hydroxyl groups excluding tert-OH is 1. The van der Waals surface area contributed by atoms with Crippen molar-refractivity contribution < 1.29 is 29.0 Å². The van der Waals surface area contributed by atoms with E-state index in [1.54, 1.807) is 20.8 Å². The number of aliphatic hydroxyl groups is 1. The fourth-order valence-corrected chi connectivity index (χ4v) is 3.53. The molecular formula is C23H33NO6. The molecule has 7 heteroatoms. The van der Waals surface area contributed by atoms with Crippen molar-refractivity contribution in [2.45, 2.75) is 65.5 Å². The molecule has 0 aliphatic carbocycles. The highest BCUT2D eigenvalue weighted by atomic mass is 16.6. The first kappa shape index (κ1) is 23.9. The summed E-state index contributed by atoms with van der Waals surface area (Å²) in [6, 6.07) is 9.11. The van der Waals surface area contributed by atoms with E-state index < -0.39 is 40.9 Å². The first-order valence-corrected chi connectivity index (χ1v) is 10.3. The monoisotopic (exact) mass is 419 g/mol. The molecule has 2 rings (SSSR count). The largest absolute Gasteiger partial charge is 0.460 e. The highest BCUT2D eigenvalue weighted by Crippen LogP contribution is 2.31. The van der Waals surface area contributed by atoms with E-state index in [9.17, 15) is 19.5 Å². The summed E-state index contributed by atoms with van der Waals surface area (Å²) in [6.07, 6.45) is -0.150. The quantitative estimate of drug-likeness (QED) is 0.650. The van der Waals surface area contributed by atoms with Crippen LogP contribution in [0.5, 0.6) is 0 Å². The van der Waals surface area contributed by atoms with E-state index in [0.717, 1.165) is 10.5 Å². The van der Waals surface area contributed by atoms with Gasteiger partial charge in [0.15, 0.2) is 0 Å². The summed E-state index contributed by atoms with van der Waals surface area (Å²) >= 11 is 0. The van der Waals surface area contributed by atoms with Crippen molar-refractivity contribution in [3.63, 3.8) is 0 Å². The predicted octanol–water partition coefficient (Wildman–Crippen LogP) is 3.33. The molecule has 0 saturated carbocycles. The zero-order valence-electron chi connectivity index (χ0n) is 18.5. The topological polar surface area (TPSA) is 93.1 Å². The van der Waals surface area contributed by atoms with Crippen LogP contribution in [0.25, 0.3) is 0 Å². The molecule has 0 spiro atoms. The molecule has 1 saturated heterocycles. The Hall–Kier alpha value is -2.41. The fourth-order valence-electron chi connectivity index (χ4n) is 3.53. The third-order valence-electron chi connectivity index (χ3n) is 4.92. The number of amides is 2. The van der Waals surface area contributed by atoms with Crippen molar-refractivity contribution in [3.05, 3.63) is 35.9 Å². The van der Waals surface area contributed by atoms with Crippen LogP contribution in [-0.4, -0.2) is 52.8 Å². The molecule has 1 fully saturated rings. The fraction of sp³-hybridized carbons (Fsp3) is 0.609. The van der Waals surface area contributed by atoms with E-state index in [-0.39, 0.29) is 26.1 Å². The van der Waals surface area contributed by atoms with Crippen LogP contribution in [0.2, 0.25) is 0 Å². The Bertz CT molecular complexity index is 753. The van der Waals surface area contributed by atoms with Gasteiger partial charge in [-0.15, -0.1) is 0 Å². The molecular weight excluding hydrogens is 386 g/mol. The maximum atomic E-state index is 13.4. The Morgan fingerprint density at radius 2 is 1.83 bits per heavy atom. The molecule has 2 amide bonds. The number of carbonyl (C=O) groups excluding carboxylic acids is 3. The Balaban J connectivity index is 2.22. The van der Waals surface area contributed by atoms with Gasteiger partial charge in [0.1, 0.15) is 12.2 Å². The predicted molar refractivity (Wildman–Crippen MR) is 112 cm³/mol. The minimum Gasteiger partial charge on any atom is -0.460 e. The number of ether oxygens (including phenoxy) is 2. The lowest BCUT2D eigenvalue weighted by Crippen LogP contribution is -2.45. The minimum atomic E-state index is -0.800. The summed E-state index contributed by atoms with van der Waals surface area (Å²) in [5, 5.41) is 9.68. The Labute approximate surface area is 178 Å². The van der Waals surface area contributed by atoms with Crippen LogP contribution >= 0.6 is 0 Å². The number of carbonyl (C=O) groups is 3. The second kappa shape index (κ2) is 9.60. The molecule has 0 radical (unpaired) electrons. The smallest absolute Gasteiger partial charge is 0.416 e. The van der Waals surface area contributed by atoms with Gasteiger partial charge in [-0.2, -0.15) is 0 Å². The molecule has 1 aromatic carbocycles. The van der Waals surface area contributed by atoms with E-state index in [2.05, 4.69) is 0 Å². The molecule has 1 aliphatic heterocycles. The lowest BCUT2D eigenvalue weighted by Gasteiger charge is -2.30. The number of esters is 1. The van der Waals surface area contributed by atoms with E-state index >= 15 is 0 Å². The molecule has 1 aromatic rings. The van der Waals surface area contributed by atoms with Gasteiger partial charge in [0.25, 0.3) is 0 Å². The normalized spacial score (nSPS) is 18.1. The molecule has 0 aromatic heterocycles. The van der Waals surface area contributed by atoms with Gasteiger partial charge in [0, 0.05) is 12.5 Å². The van der Waals surface area contributed by atoms with Crippen LogP contribution in [0.15, 0.2) is 30.3 Å². The van der Waals surface area contributed by atoms with Crippen LogP contribution in [0.4, 0.5) is 4.79 Å². The first-order chi connectivity index (χ1) is 13.9. The maximum Gasteiger partial charge on any atom is 0.416 e. The standard InChI is InChI=1S/C23H33NO6/c1-22(2,3)30-19(26)12-17(13-23(4,5)15-25)20(27)24-18(14-29-21(24)28)11-16-9-7-6-8-10-16/h6-10,17-18,25H,11-15H2,1-5H3/t17?,18-/m1/s1. The van der Waals surface area contributed by atoms with Gasteiger partial charge < -0.3 is 14.6 Å². The number of nitrogens with zero attached hydrogens (tertiary/aromatic N) is 1. The van der Waals surface area contributed by atoms with E-state index in [0.29, 0.717) is 6.42 Å². The highest BCUT2D eigenvalue weighted by molar-refractivity contribution is 5.96. The number of cyclic esters (lactones) is 1. The Morgan fingerprint density at radius 3 is 2.40 bits per heavy atom. The highest BCUT2D eigenvalue weighted by Gasteiger charge is 2.43. The van der Waals surface area contributed by atoms with Crippen molar-refractivity contribution in [2.24, 2.45) is 11.3 Å². The average molecular weight is 420 g/mol. The second-order valence-electron chi connectivity index (χ2n) is 9.64. The number of imide groups is 1. The first-order valence-electron chi connectivity index (χ1n) is 10.3. The Morgan fingerprint density at radius 1 is 1.20 bits per heavy atom. The van der Waals surface area contributed by atoms with Crippen molar-refractivity contribution >= 4 is 18.0 Å². The van der Waals surface area contributed by atoms with Gasteiger partial charge in [-0.25, -0.2) is 9.69 Å². The molecule has 30 heavy (non-hydrogen) atoms. The van der Waals surface area contributed by atoms with Gasteiger partial charge in [-0.1, -0.05) is 44.2 Å². The molecule has 1 aliphatic rings. The number of hydrogen-bond donors (Lipinski definition) is 1. The summed E-state index contributed by atoms with van der Waals surface area (Å²) in [6.45, 7) is 8.86. The zero-order chi connectivity index (χ0) is 22.5. The van der Waals surface area contributed by atoms with Gasteiger partial charge in [0.2, 0.25) is 5.91 Å². The zero-order valence-corrected chi connectivity index (χ0v) is 18.5. The lowest BCUT2D eigenvalue weighted by atomic mass is 9.81. The van der Waals surface area contributed by atoms with Crippen molar-refractivity contribution in [1.29, 1.82) is 0 Å². The van der Waals surface area contributed by atoms with E-state index in [1.165, 1.54) is 0 Å². The third-order valence-corrected chi connectivity index (χ3v) is 4.92. The van der Waals surface area contributed by atoms with Crippen LogP contribution in [0.1, 0.15) is 53.0 Å². The van der Waals surface area contributed by atoms with Crippen LogP contribution in [0, 0.1) is 11.3 Å². The van der Waals surface area contributed by atoms with Crippen LogP contribution < -0.4 is 0 Å². The van der Waals surface area contributed by atoms with Crippen LogP contribution in [0.3, 0.4) is 0 Å². The van der Waals surface area contributed by atoms with Crippen molar-refractivity contribution in [1.82, 2.24) is 4.90 Å². The van der Waals surface area contributed by atoms with Crippen molar-refractivity contribution in [2.75, 3.05) is 13.2 Å². The van der Waals surface area contributed by atoms with Gasteiger partial charge >= 0.3 is 12.1 Å². The Kier molecular flexibility index (Phi) is 7.64. The minimum absolute atomic E-state index is 0.113. The second-order valence-corrected chi connectivity index (χ2v) is 9.64. The molecule has 1 N–H and O–H groups in total. The molecule has 7 nitrogen and oxygen atoms in total. The average Bonchev–Trinajstić information content (AvgIpc) is 3.00. The van der Waals surface area contributed by atoms with Gasteiger partial charge in [-0.05, 0) is 44.6 Å². The third kappa shape index (κ3) is 6.83. The van der Waals surface area contributed by atoms with E-state index in [1.807, 2.05) is 44.2 Å². The summed E-state index contributed by atoms with van der Waals surface area (Å²) in [4.78, 5) is 39.4. The number of benzene rings is 1. The SMILES string of the molecule is CC(C)(CO)CC(CC(=O)OC(C)(C)C)C(=O)N1C(=O)OC[C@H]1Cc1ccccc1. The molecule has 0 bridgehead atoms. The molecule has 1 unspecified atom stereocenters. The van der Waals surface area contributed by atoms with Crippen LogP contribution in [-0.2, 0) is 25.5 Å². The number of rotatable bonds is 8. The number of hydrogen-bond acceptors (Lipinski definition) is 6. The summed E-state index contributed by atoms with van der Waals surface area (Å²) in [7, 11) is 0. The van der Waals surface area contributed by atoms with Crippen molar-refractivity contribution in [3.8, 4) is 0 Å². The summed E-state index contributed by atoms with van der Waals surface area (Å²) in [5.41, 5.74) is -0.293. The molecule has 166 valence electrons. The van der Waals surface area contributed by atoms with Gasteiger partial charge in [0.05, 0.1) is 12.5 Å². The maximum absolute atomic E-state index is 13.4. The summed E-state index contributed by atoms with van der Waals surface area (Å²) < 4.78 is 10.6. The van der Waals surface area contributed by atoms with Gasteiger partial charge in [-0.3, -0.25) is 9.59 Å². The van der Waals surface area contributed by atoms with E-state index in [4.69, 9.17) is 9.47 Å². The molecule has 2 atom stereocenters. The summed E-state index contributed by atoms with van der Waals surface area (Å²) in [5.74, 6) is -1.78. The lowest BCUT2D eigenvalue weighted by molar-refractivity contribution is -0.158.